The third kappa shape index (κ3) is 5.95. The molecule has 2 heterocycles. The fourth-order valence-corrected chi connectivity index (χ4v) is 5.26. The number of nitrogens with one attached hydrogen (secondary N) is 1. The van der Waals surface area contributed by atoms with Crippen molar-refractivity contribution in [3.05, 3.63) is 35.9 Å². The average molecular weight is 450 g/mol. The number of rotatable bonds is 4. The molecule has 7 heteroatoms. The van der Waals surface area contributed by atoms with E-state index < -0.39 is 5.54 Å². The molecule has 1 aromatic carbocycles. The normalized spacial score (nSPS) is 25.9. The predicted octanol–water partition coefficient (Wildman–Crippen LogP) is 3.87. The zero-order chi connectivity index (χ0) is 23.3. The molecule has 0 radical (unpaired) electrons. The van der Waals surface area contributed by atoms with Crippen LogP contribution in [0, 0.1) is 11.3 Å². The van der Waals surface area contributed by atoms with E-state index in [0.29, 0.717) is 25.4 Å². The van der Waals surface area contributed by atoms with Crippen molar-refractivity contribution in [1.29, 1.82) is 5.41 Å². The summed E-state index contributed by atoms with van der Waals surface area (Å²) in [7, 11) is 1.61. The van der Waals surface area contributed by atoms with E-state index in [9.17, 15) is 9.59 Å². The Morgan fingerprint density at radius 2 is 1.91 bits per heavy atom. The van der Waals surface area contributed by atoms with E-state index in [2.05, 4.69) is 4.99 Å². The van der Waals surface area contributed by atoms with Crippen LogP contribution < -0.4 is 0 Å². The Labute approximate surface area is 196 Å². The van der Waals surface area contributed by atoms with Gasteiger partial charge < -0.3 is 4.90 Å². The van der Waals surface area contributed by atoms with E-state index in [1.165, 1.54) is 37.0 Å². The van der Waals surface area contributed by atoms with Crippen molar-refractivity contribution < 1.29 is 9.59 Å². The van der Waals surface area contributed by atoms with E-state index in [1.807, 2.05) is 35.2 Å². The summed E-state index contributed by atoms with van der Waals surface area (Å²) in [6.07, 6.45) is 10.9. The van der Waals surface area contributed by atoms with Gasteiger partial charge in [-0.15, -0.1) is 0 Å². The summed E-state index contributed by atoms with van der Waals surface area (Å²) in [6.45, 7) is 1.15. The van der Waals surface area contributed by atoms with Crippen LogP contribution >= 0.6 is 0 Å². The van der Waals surface area contributed by atoms with E-state index in [4.69, 9.17) is 10.4 Å². The molecule has 4 rings (SSSR count). The maximum absolute atomic E-state index is 13.1. The van der Waals surface area contributed by atoms with E-state index in [0.717, 1.165) is 30.5 Å². The molecule has 176 valence electrons. The summed E-state index contributed by atoms with van der Waals surface area (Å²) >= 11 is 0. The molecule has 1 saturated carbocycles. The monoisotopic (exact) mass is 449 g/mol. The van der Waals surface area contributed by atoms with Gasteiger partial charge in [0.15, 0.2) is 0 Å². The first kappa shape index (κ1) is 23.3. The Kier molecular flexibility index (Phi) is 7.36. The number of piperidine rings is 1. The highest BCUT2D eigenvalue weighted by atomic mass is 16.2. The fraction of sp³-hybridized carbons (Fsp3) is 0.577. The van der Waals surface area contributed by atoms with Crippen molar-refractivity contribution in [2.75, 3.05) is 20.1 Å². The molecule has 0 unspecified atom stereocenters. The molecule has 3 aliphatic rings. The lowest BCUT2D eigenvalue weighted by molar-refractivity contribution is -0.132. The molecule has 2 aliphatic heterocycles. The van der Waals surface area contributed by atoms with Crippen molar-refractivity contribution in [1.82, 2.24) is 9.80 Å². The van der Waals surface area contributed by atoms with E-state index in [1.54, 1.807) is 13.3 Å². The molecule has 2 fully saturated rings. The average Bonchev–Trinajstić information content (AvgIpc) is 2.86. The summed E-state index contributed by atoms with van der Waals surface area (Å²) in [5.74, 6) is 0.433. The number of hydrogen-bond donors (Lipinski definition) is 1. The number of carbonyl (C=O) groups is 2. The Morgan fingerprint density at radius 3 is 2.67 bits per heavy atom. The van der Waals surface area contributed by atoms with Gasteiger partial charge >= 0.3 is 0 Å². The van der Waals surface area contributed by atoms with Crippen molar-refractivity contribution >= 4 is 29.7 Å². The first-order valence-corrected chi connectivity index (χ1v) is 12.2. The van der Waals surface area contributed by atoms with Gasteiger partial charge in [-0.3, -0.25) is 24.9 Å². The topological polar surface area (TPSA) is 89.2 Å². The molecule has 1 aromatic rings. The minimum atomic E-state index is -0.674. The van der Waals surface area contributed by atoms with Gasteiger partial charge in [0.25, 0.3) is 0 Å². The zero-order valence-corrected chi connectivity index (χ0v) is 19.6. The van der Waals surface area contributed by atoms with Gasteiger partial charge in [-0.05, 0) is 30.7 Å². The molecule has 0 aromatic heterocycles. The van der Waals surface area contributed by atoms with Gasteiger partial charge in [0.05, 0.1) is 19.4 Å². The summed E-state index contributed by atoms with van der Waals surface area (Å²) in [4.78, 5) is 38.6. The maximum atomic E-state index is 13.1. The van der Waals surface area contributed by atoms with E-state index in [-0.39, 0.29) is 24.2 Å². The molecule has 33 heavy (non-hydrogen) atoms. The second-order valence-electron chi connectivity index (χ2n) is 9.78. The van der Waals surface area contributed by atoms with Crippen LogP contribution in [0.25, 0.3) is 0 Å². The molecule has 7 nitrogen and oxygen atoms in total. The summed E-state index contributed by atoms with van der Waals surface area (Å²) in [5.41, 5.74) is 1.23. The summed E-state index contributed by atoms with van der Waals surface area (Å²) in [6, 6.07) is 9.80. The second-order valence-corrected chi connectivity index (χ2v) is 9.78. The lowest BCUT2D eigenvalue weighted by Gasteiger charge is -2.38. The quantitative estimate of drug-likeness (QED) is 0.756. The van der Waals surface area contributed by atoms with Gasteiger partial charge in [0.2, 0.25) is 17.8 Å². The summed E-state index contributed by atoms with van der Waals surface area (Å²) in [5, 5.41) is 8.24. The number of guanidine groups is 1. The smallest absolute Gasteiger partial charge is 0.234 e. The van der Waals surface area contributed by atoms with E-state index >= 15 is 0 Å². The minimum absolute atomic E-state index is 0.0683. The van der Waals surface area contributed by atoms with Crippen molar-refractivity contribution in [3.63, 3.8) is 0 Å². The number of nitrogens with zero attached hydrogens (tertiary/aromatic N) is 4. The molecule has 1 N–H and O–H groups in total. The third-order valence-corrected chi connectivity index (χ3v) is 7.16. The van der Waals surface area contributed by atoms with Crippen LogP contribution in [0.15, 0.2) is 40.3 Å². The lowest BCUT2D eigenvalue weighted by atomic mass is 9.84. The first-order chi connectivity index (χ1) is 15.9. The molecule has 1 atom stereocenters. The fourth-order valence-electron chi connectivity index (χ4n) is 5.26. The van der Waals surface area contributed by atoms with Gasteiger partial charge in [-0.2, -0.15) is 0 Å². The van der Waals surface area contributed by atoms with Gasteiger partial charge in [-0.25, -0.2) is 4.99 Å². The molecule has 1 aliphatic carbocycles. The van der Waals surface area contributed by atoms with Crippen molar-refractivity contribution in [2.45, 2.75) is 69.7 Å². The largest absolute Gasteiger partial charge is 0.340 e. The minimum Gasteiger partial charge on any atom is -0.340 e. The first-order valence-electron chi connectivity index (χ1n) is 12.2. The maximum Gasteiger partial charge on any atom is 0.234 e. The van der Waals surface area contributed by atoms with Crippen molar-refractivity contribution in [3.8, 4) is 0 Å². The SMILES string of the molecule is CN1C(=N)/N=C/[C@]2(CCCN(C(=O)Cc3ccccc3)C2)N=C(CC2CCCCC2)CC1=O. The van der Waals surface area contributed by atoms with Crippen molar-refractivity contribution in [2.24, 2.45) is 15.9 Å². The lowest BCUT2D eigenvalue weighted by Crippen LogP contribution is -2.51. The number of carbonyl (C=O) groups excluding carboxylic acids is 2. The third-order valence-electron chi connectivity index (χ3n) is 7.16. The number of amides is 2. The van der Waals surface area contributed by atoms with Gasteiger partial charge in [-0.1, -0.05) is 62.4 Å². The van der Waals surface area contributed by atoms with Crippen LogP contribution in [0.1, 0.15) is 63.4 Å². The Balaban J connectivity index is 1.59. The second kappa shape index (κ2) is 10.4. The van der Waals surface area contributed by atoms with Crippen LogP contribution in [0.2, 0.25) is 0 Å². The van der Waals surface area contributed by atoms with Crippen LogP contribution in [-0.2, 0) is 16.0 Å². The van der Waals surface area contributed by atoms with Crippen LogP contribution in [-0.4, -0.2) is 65.2 Å². The summed E-state index contributed by atoms with van der Waals surface area (Å²) < 4.78 is 0. The van der Waals surface area contributed by atoms with Crippen LogP contribution in [0.5, 0.6) is 0 Å². The Morgan fingerprint density at radius 1 is 1.15 bits per heavy atom. The standard InChI is InChI=1S/C26H35N5O2/c1-30-23(32)17-22(15-20-9-4-2-5-10-20)29-26(18-28-25(30)27)13-8-14-31(19-26)24(33)16-21-11-6-3-7-12-21/h3,6-7,11-12,18,20,27H,2,4-5,8-10,13-17,19H2,1H3/b27-25?,28-18+,29-22?/t26-/m0/s1. The number of benzene rings is 1. The molecular weight excluding hydrogens is 414 g/mol. The molecule has 1 saturated heterocycles. The Hall–Kier alpha value is -2.83. The number of hydrogen-bond acceptors (Lipinski definition) is 4. The molecule has 0 bridgehead atoms. The molecule has 1 spiro atoms. The molecule has 2 amide bonds. The highest BCUT2D eigenvalue weighted by Gasteiger charge is 2.37. The number of likely N-dealkylation sites (tertiary alicyclic amines) is 1. The zero-order valence-electron chi connectivity index (χ0n) is 19.6. The highest BCUT2D eigenvalue weighted by molar-refractivity contribution is 6.09. The highest BCUT2D eigenvalue weighted by Crippen LogP contribution is 2.30. The molecular formula is C26H35N5O2. The van der Waals surface area contributed by atoms with Crippen LogP contribution in [0.4, 0.5) is 0 Å². The van der Waals surface area contributed by atoms with Gasteiger partial charge in [0.1, 0.15) is 5.54 Å². The number of aliphatic imine (C=N–C) groups is 2. The van der Waals surface area contributed by atoms with Gasteiger partial charge in [0, 0.05) is 25.5 Å². The predicted molar refractivity (Wildman–Crippen MR) is 131 cm³/mol. The Bertz CT molecular complexity index is 935. The van der Waals surface area contributed by atoms with Crippen LogP contribution in [0.3, 0.4) is 0 Å².